The minimum Gasteiger partial charge on any atom is -0.479 e. The van der Waals surface area contributed by atoms with Crippen LogP contribution in [-0.4, -0.2) is 43.9 Å². The summed E-state index contributed by atoms with van der Waals surface area (Å²) in [6, 6.07) is 18.3. The fourth-order valence-electron chi connectivity index (χ4n) is 4.59. The minimum absolute atomic E-state index is 0.0915. The number of benzene rings is 2. The van der Waals surface area contributed by atoms with Crippen molar-refractivity contribution in [3.05, 3.63) is 91.8 Å². The van der Waals surface area contributed by atoms with Gasteiger partial charge >= 0.3 is 10.8 Å². The number of hydrogen-bond acceptors (Lipinski definition) is 10. The predicted octanol–water partition coefficient (Wildman–Crippen LogP) is 3.61. The number of nitrogens with zero attached hydrogens (tertiary/aromatic N) is 2. The zero-order valence-corrected chi connectivity index (χ0v) is 22.6. The number of thiocarbonyl (C=S) groups is 1. The maximum absolute atomic E-state index is 13.1. The zero-order chi connectivity index (χ0) is 27.5. The van der Waals surface area contributed by atoms with E-state index in [0.717, 1.165) is 16.9 Å². The molecule has 2 aromatic carbocycles. The van der Waals surface area contributed by atoms with Crippen LogP contribution in [0.2, 0.25) is 0 Å². The second-order valence-corrected chi connectivity index (χ2v) is 10.5. The Kier molecular flexibility index (Phi) is 7.87. The molecule has 0 radical (unpaired) electrons. The predicted molar refractivity (Wildman–Crippen MR) is 151 cm³/mol. The van der Waals surface area contributed by atoms with Crippen LogP contribution in [0.15, 0.2) is 70.3 Å². The summed E-state index contributed by atoms with van der Waals surface area (Å²) < 4.78 is 19.7. The molecule has 0 saturated carbocycles. The van der Waals surface area contributed by atoms with Gasteiger partial charge in [-0.25, -0.2) is 4.79 Å². The molecule has 5 rings (SSSR count). The summed E-state index contributed by atoms with van der Waals surface area (Å²) in [7, 11) is 0. The Morgan fingerprint density at radius 2 is 1.90 bits per heavy atom. The van der Waals surface area contributed by atoms with Gasteiger partial charge in [0.2, 0.25) is 5.95 Å². The Morgan fingerprint density at radius 3 is 2.59 bits per heavy atom. The number of aromatic nitrogens is 3. The first-order valence-corrected chi connectivity index (χ1v) is 13.6. The Bertz CT molecular complexity index is 1600. The van der Waals surface area contributed by atoms with Crippen LogP contribution < -0.4 is 16.2 Å². The maximum Gasteiger partial charge on any atom is 0.338 e. The van der Waals surface area contributed by atoms with Gasteiger partial charge < -0.3 is 19.9 Å². The average molecular weight is 567 g/mol. The first-order valence-electron chi connectivity index (χ1n) is 12.4. The van der Waals surface area contributed by atoms with Crippen LogP contribution >= 0.6 is 23.6 Å². The zero-order valence-electron chi connectivity index (χ0n) is 20.9. The summed E-state index contributed by atoms with van der Waals surface area (Å²) >= 11 is 6.29. The SMILES string of the molecule is CCC(OC(=O)c1ccccc1)[C@@H]1C[C@@H](OC(=S)Cc2ccccc2)[C@H](n2c(=O)sc3c(=O)[nH]c(N)nc32)O1. The number of nitrogens with two attached hydrogens (primary N) is 1. The van der Waals surface area contributed by atoms with Gasteiger partial charge in [-0.05, 0) is 36.3 Å². The second kappa shape index (κ2) is 11.5. The minimum atomic E-state index is -0.983. The van der Waals surface area contributed by atoms with E-state index in [1.54, 1.807) is 24.3 Å². The van der Waals surface area contributed by atoms with E-state index in [-0.39, 0.29) is 22.7 Å². The van der Waals surface area contributed by atoms with E-state index < -0.39 is 40.9 Å². The molecule has 1 saturated heterocycles. The molecule has 1 aliphatic heterocycles. The number of nitrogens with one attached hydrogen (secondary N) is 1. The van der Waals surface area contributed by atoms with Gasteiger partial charge in [-0.3, -0.25) is 19.1 Å². The summed E-state index contributed by atoms with van der Waals surface area (Å²) in [5.41, 5.74) is 6.74. The lowest BCUT2D eigenvalue weighted by molar-refractivity contribution is -0.0800. The topological polar surface area (TPSA) is 139 Å². The van der Waals surface area contributed by atoms with Gasteiger partial charge in [0.25, 0.3) is 5.56 Å². The third-order valence-electron chi connectivity index (χ3n) is 6.40. The Labute approximate surface area is 232 Å². The van der Waals surface area contributed by atoms with E-state index in [4.69, 9.17) is 32.2 Å². The van der Waals surface area contributed by atoms with Crippen molar-refractivity contribution >= 4 is 50.9 Å². The standard InChI is InChI=1S/C27H26N4O6S2/c1-2-17(37-25(33)16-11-7-4-8-12-16)18-14-19(35-20(38)13-15-9-5-3-6-10-15)24(36-18)31-22-21(39-27(31)34)23(32)30-26(28)29-22/h3-12,17-19,24H,2,13-14H2,1H3,(H3,28,29,30,32)/t17?,18-,19+,24+/m0/s1. The van der Waals surface area contributed by atoms with Gasteiger partial charge in [0.15, 0.2) is 16.9 Å². The van der Waals surface area contributed by atoms with Gasteiger partial charge in [0.1, 0.15) is 23.0 Å². The van der Waals surface area contributed by atoms with Crippen molar-refractivity contribution in [2.75, 3.05) is 5.73 Å². The first-order chi connectivity index (χ1) is 18.8. The summed E-state index contributed by atoms with van der Waals surface area (Å²) in [4.78, 5) is 44.5. The smallest absolute Gasteiger partial charge is 0.338 e. The number of nitrogen functional groups attached to an aromatic ring is 1. The lowest BCUT2D eigenvalue weighted by atomic mass is 10.1. The maximum atomic E-state index is 13.1. The molecule has 2 aromatic heterocycles. The number of fused-ring (bicyclic) bond motifs is 1. The fourth-order valence-corrected chi connectivity index (χ4v) is 5.72. The first kappa shape index (κ1) is 26.7. The molecule has 0 aliphatic carbocycles. The lowest BCUT2D eigenvalue weighted by Crippen LogP contribution is -2.32. The van der Waals surface area contributed by atoms with Gasteiger partial charge in [-0.1, -0.05) is 66.8 Å². The van der Waals surface area contributed by atoms with Gasteiger partial charge in [-0.15, -0.1) is 0 Å². The number of rotatable bonds is 8. The van der Waals surface area contributed by atoms with E-state index in [0.29, 0.717) is 23.5 Å². The van der Waals surface area contributed by atoms with Crippen molar-refractivity contribution in [1.29, 1.82) is 0 Å². The summed E-state index contributed by atoms with van der Waals surface area (Å²) in [6.45, 7) is 1.88. The van der Waals surface area contributed by atoms with Crippen molar-refractivity contribution in [2.24, 2.45) is 0 Å². The highest BCUT2D eigenvalue weighted by atomic mass is 32.1. The normalized spacial score (nSPS) is 19.6. The number of aromatic amines is 1. The third-order valence-corrected chi connectivity index (χ3v) is 7.59. The van der Waals surface area contributed by atoms with Crippen LogP contribution in [0.1, 0.15) is 41.9 Å². The van der Waals surface area contributed by atoms with E-state index in [1.807, 2.05) is 43.3 Å². The number of anilines is 1. The highest BCUT2D eigenvalue weighted by Gasteiger charge is 2.44. The van der Waals surface area contributed by atoms with E-state index in [1.165, 1.54) is 4.57 Å². The largest absolute Gasteiger partial charge is 0.479 e. The van der Waals surface area contributed by atoms with Crippen molar-refractivity contribution in [3.63, 3.8) is 0 Å². The number of carbonyl (C=O) groups excluding carboxylic acids is 1. The highest BCUT2D eigenvalue weighted by molar-refractivity contribution is 7.80. The van der Waals surface area contributed by atoms with Gasteiger partial charge in [0.05, 0.1) is 5.56 Å². The quantitative estimate of drug-likeness (QED) is 0.242. The summed E-state index contributed by atoms with van der Waals surface area (Å²) in [6.07, 6.45) is -1.81. The van der Waals surface area contributed by atoms with E-state index in [9.17, 15) is 14.4 Å². The van der Waals surface area contributed by atoms with Crippen LogP contribution in [-0.2, 0) is 20.6 Å². The number of carbonyl (C=O) groups is 1. The molecular formula is C27H26N4O6S2. The highest BCUT2D eigenvalue weighted by Crippen LogP contribution is 2.36. The van der Waals surface area contributed by atoms with E-state index >= 15 is 0 Å². The number of esters is 1. The van der Waals surface area contributed by atoms with Gasteiger partial charge in [0, 0.05) is 12.8 Å². The van der Waals surface area contributed by atoms with E-state index in [2.05, 4.69) is 9.97 Å². The van der Waals surface area contributed by atoms with Crippen LogP contribution in [0, 0.1) is 0 Å². The summed E-state index contributed by atoms with van der Waals surface area (Å²) in [5, 5.41) is 0.313. The molecule has 4 atom stereocenters. The number of H-pyrrole nitrogens is 1. The Morgan fingerprint density at radius 1 is 1.21 bits per heavy atom. The molecule has 39 heavy (non-hydrogen) atoms. The molecule has 202 valence electrons. The third kappa shape index (κ3) is 5.77. The molecule has 0 bridgehead atoms. The Hall–Kier alpha value is -3.87. The molecule has 1 fully saturated rings. The molecule has 1 unspecified atom stereocenters. The van der Waals surface area contributed by atoms with Crippen molar-refractivity contribution in [1.82, 2.24) is 14.5 Å². The Balaban J connectivity index is 1.45. The van der Waals surface area contributed by atoms with Crippen LogP contribution in [0.4, 0.5) is 5.95 Å². The monoisotopic (exact) mass is 566 g/mol. The molecule has 12 heteroatoms. The summed E-state index contributed by atoms with van der Waals surface area (Å²) in [5.74, 6) is -0.611. The van der Waals surface area contributed by atoms with Crippen LogP contribution in [0.25, 0.3) is 10.3 Å². The molecule has 4 aromatic rings. The average Bonchev–Trinajstić information content (AvgIpc) is 3.47. The van der Waals surface area contributed by atoms with Crippen molar-refractivity contribution in [3.8, 4) is 0 Å². The number of hydrogen-bond donors (Lipinski definition) is 2. The number of ether oxygens (including phenoxy) is 3. The van der Waals surface area contributed by atoms with Gasteiger partial charge in [-0.2, -0.15) is 4.98 Å². The number of thiazole rings is 1. The second-order valence-electron chi connectivity index (χ2n) is 9.05. The van der Waals surface area contributed by atoms with Crippen molar-refractivity contribution in [2.45, 2.75) is 50.7 Å². The van der Waals surface area contributed by atoms with Crippen LogP contribution in [0.5, 0.6) is 0 Å². The molecule has 1 aliphatic rings. The van der Waals surface area contributed by atoms with Crippen LogP contribution in [0.3, 0.4) is 0 Å². The molecule has 0 amide bonds. The molecule has 3 N–H and O–H groups in total. The molecule has 3 heterocycles. The molecule has 10 nitrogen and oxygen atoms in total. The fraction of sp³-hybridized carbons (Fsp3) is 0.296. The molecular weight excluding hydrogens is 540 g/mol. The lowest BCUT2D eigenvalue weighted by Gasteiger charge is -2.23. The van der Waals surface area contributed by atoms with Crippen molar-refractivity contribution < 1.29 is 19.0 Å². The molecule has 0 spiro atoms.